The van der Waals surface area contributed by atoms with Crippen molar-refractivity contribution in [1.29, 1.82) is 0 Å². The van der Waals surface area contributed by atoms with E-state index in [-0.39, 0.29) is 17.0 Å². The van der Waals surface area contributed by atoms with Gasteiger partial charge in [-0.3, -0.25) is 0 Å². The molecule has 0 radical (unpaired) electrons. The first-order chi connectivity index (χ1) is 12.8. The van der Waals surface area contributed by atoms with Gasteiger partial charge in [-0.2, -0.15) is 17.5 Å². The topological polar surface area (TPSA) is 46.6 Å². The molecule has 0 aliphatic carbocycles. The molecule has 0 N–H and O–H groups in total. The SMILES string of the molecule is O=S(=O)(c1ccc2c(c1)CCO2)N1CCCC1c1ccccc1C(F)(F)F. The Morgan fingerprint density at radius 1 is 1.11 bits per heavy atom. The van der Waals surface area contributed by atoms with Crippen LogP contribution in [0.1, 0.15) is 35.6 Å². The van der Waals surface area contributed by atoms with Gasteiger partial charge in [0.15, 0.2) is 0 Å². The van der Waals surface area contributed by atoms with Crippen LogP contribution in [0.5, 0.6) is 5.75 Å². The molecule has 2 aromatic carbocycles. The van der Waals surface area contributed by atoms with Crippen LogP contribution in [-0.4, -0.2) is 25.9 Å². The van der Waals surface area contributed by atoms with E-state index in [1.165, 1.54) is 28.6 Å². The first kappa shape index (κ1) is 18.3. The lowest BCUT2D eigenvalue weighted by Crippen LogP contribution is -2.31. The van der Waals surface area contributed by atoms with Crippen LogP contribution < -0.4 is 4.74 Å². The summed E-state index contributed by atoms with van der Waals surface area (Å²) in [6.45, 7) is 0.705. The number of fused-ring (bicyclic) bond motifs is 1. The fourth-order valence-corrected chi connectivity index (χ4v) is 5.57. The number of alkyl halides is 3. The molecule has 2 aliphatic rings. The molecule has 27 heavy (non-hydrogen) atoms. The molecule has 144 valence electrons. The molecule has 1 fully saturated rings. The Bertz CT molecular complexity index is 972. The van der Waals surface area contributed by atoms with Gasteiger partial charge < -0.3 is 4.74 Å². The number of nitrogens with zero attached hydrogens (tertiary/aromatic N) is 1. The van der Waals surface area contributed by atoms with Gasteiger partial charge in [0, 0.05) is 13.0 Å². The fraction of sp³-hybridized carbons (Fsp3) is 0.368. The van der Waals surface area contributed by atoms with E-state index in [0.29, 0.717) is 31.6 Å². The Morgan fingerprint density at radius 3 is 2.67 bits per heavy atom. The molecule has 4 nitrogen and oxygen atoms in total. The van der Waals surface area contributed by atoms with Crippen molar-refractivity contribution >= 4 is 10.0 Å². The zero-order valence-corrected chi connectivity index (χ0v) is 15.2. The molecule has 8 heteroatoms. The molecular formula is C19H18F3NO3S. The molecular weight excluding hydrogens is 379 g/mol. The molecule has 0 amide bonds. The van der Waals surface area contributed by atoms with Crippen molar-refractivity contribution in [3.05, 3.63) is 59.2 Å². The van der Waals surface area contributed by atoms with Gasteiger partial charge in [-0.05, 0) is 48.2 Å². The van der Waals surface area contributed by atoms with E-state index in [0.717, 1.165) is 11.6 Å². The van der Waals surface area contributed by atoms with Gasteiger partial charge in [0.1, 0.15) is 5.75 Å². The maximum Gasteiger partial charge on any atom is 0.416 e. The Balaban J connectivity index is 1.74. The number of rotatable bonds is 3. The zero-order chi connectivity index (χ0) is 19.2. The summed E-state index contributed by atoms with van der Waals surface area (Å²) >= 11 is 0. The van der Waals surface area contributed by atoms with Crippen LogP contribution in [0.2, 0.25) is 0 Å². The van der Waals surface area contributed by atoms with Gasteiger partial charge >= 0.3 is 6.18 Å². The molecule has 2 aromatic rings. The molecule has 1 saturated heterocycles. The highest BCUT2D eigenvalue weighted by atomic mass is 32.2. The summed E-state index contributed by atoms with van der Waals surface area (Å²) in [7, 11) is -3.91. The largest absolute Gasteiger partial charge is 0.493 e. The van der Waals surface area contributed by atoms with Crippen molar-refractivity contribution in [1.82, 2.24) is 4.31 Å². The lowest BCUT2D eigenvalue weighted by molar-refractivity contribution is -0.138. The first-order valence-corrected chi connectivity index (χ1v) is 10.2. The van der Waals surface area contributed by atoms with Crippen molar-refractivity contribution in [3.8, 4) is 5.75 Å². The second kappa shape index (κ2) is 6.53. The monoisotopic (exact) mass is 397 g/mol. The molecule has 2 aliphatic heterocycles. The molecule has 2 heterocycles. The van der Waals surface area contributed by atoms with Gasteiger partial charge in [0.05, 0.1) is 23.1 Å². The van der Waals surface area contributed by atoms with Crippen molar-refractivity contribution in [2.45, 2.75) is 36.4 Å². The smallest absolute Gasteiger partial charge is 0.416 e. The molecule has 1 unspecified atom stereocenters. The van der Waals surface area contributed by atoms with Crippen LogP contribution in [0.15, 0.2) is 47.4 Å². The average Bonchev–Trinajstić information content (AvgIpc) is 3.29. The summed E-state index contributed by atoms with van der Waals surface area (Å²) in [5.74, 6) is 0.661. The van der Waals surface area contributed by atoms with E-state index in [1.807, 2.05) is 0 Å². The highest BCUT2D eigenvalue weighted by Gasteiger charge is 2.41. The maximum absolute atomic E-state index is 13.4. The second-order valence-electron chi connectivity index (χ2n) is 6.73. The zero-order valence-electron chi connectivity index (χ0n) is 14.4. The molecule has 4 rings (SSSR count). The van der Waals surface area contributed by atoms with Gasteiger partial charge in [-0.1, -0.05) is 18.2 Å². The quantitative estimate of drug-likeness (QED) is 0.781. The van der Waals surface area contributed by atoms with E-state index in [1.54, 1.807) is 12.1 Å². The lowest BCUT2D eigenvalue weighted by atomic mass is 9.99. The maximum atomic E-state index is 13.4. The molecule has 1 atom stereocenters. The normalized spacial score (nSPS) is 20.5. The van der Waals surface area contributed by atoms with Crippen LogP contribution in [0, 0.1) is 0 Å². The Kier molecular flexibility index (Phi) is 4.43. The third kappa shape index (κ3) is 3.21. The van der Waals surface area contributed by atoms with Crippen molar-refractivity contribution in [3.63, 3.8) is 0 Å². The summed E-state index contributed by atoms with van der Waals surface area (Å²) in [6, 6.07) is 9.04. The summed E-state index contributed by atoms with van der Waals surface area (Å²) in [6.07, 6.45) is -3.02. The number of ether oxygens (including phenoxy) is 1. The molecule has 0 aromatic heterocycles. The predicted molar refractivity (Wildman–Crippen MR) is 93.0 cm³/mol. The van der Waals surface area contributed by atoms with Gasteiger partial charge in [0.25, 0.3) is 0 Å². The third-order valence-corrected chi connectivity index (χ3v) is 7.00. The highest BCUT2D eigenvalue weighted by Crippen LogP contribution is 2.42. The summed E-state index contributed by atoms with van der Waals surface area (Å²) in [5.41, 5.74) is 0.0394. The summed E-state index contributed by atoms with van der Waals surface area (Å²) in [5, 5.41) is 0. The second-order valence-corrected chi connectivity index (χ2v) is 8.62. The third-order valence-electron chi connectivity index (χ3n) is 5.10. The van der Waals surface area contributed by atoms with E-state index >= 15 is 0 Å². The van der Waals surface area contributed by atoms with Crippen LogP contribution >= 0.6 is 0 Å². The van der Waals surface area contributed by atoms with Gasteiger partial charge in [-0.15, -0.1) is 0 Å². The van der Waals surface area contributed by atoms with Gasteiger partial charge in [0.2, 0.25) is 10.0 Å². The Labute approximate surface area is 155 Å². The average molecular weight is 397 g/mol. The Morgan fingerprint density at radius 2 is 1.89 bits per heavy atom. The highest BCUT2D eigenvalue weighted by molar-refractivity contribution is 7.89. The first-order valence-electron chi connectivity index (χ1n) is 8.72. The predicted octanol–water partition coefficient (Wildman–Crippen LogP) is 4.17. The van der Waals surface area contributed by atoms with Crippen LogP contribution in [0.4, 0.5) is 13.2 Å². The standard InChI is InChI=1S/C19H18F3NO3S/c20-19(21,22)16-5-2-1-4-15(16)17-6-3-10-23(17)27(24,25)14-7-8-18-13(12-14)9-11-26-18/h1-2,4-5,7-8,12,17H,3,6,9-11H2. The molecule has 0 saturated carbocycles. The minimum atomic E-state index is -4.53. The minimum Gasteiger partial charge on any atom is -0.493 e. The summed E-state index contributed by atoms with van der Waals surface area (Å²) < 4.78 is 73.2. The number of hydrogen-bond donors (Lipinski definition) is 0. The van der Waals surface area contributed by atoms with Crippen molar-refractivity contribution < 1.29 is 26.3 Å². The van der Waals surface area contributed by atoms with Gasteiger partial charge in [-0.25, -0.2) is 8.42 Å². The van der Waals surface area contributed by atoms with E-state index in [4.69, 9.17) is 4.74 Å². The number of sulfonamides is 1. The molecule has 0 bridgehead atoms. The van der Waals surface area contributed by atoms with E-state index < -0.39 is 27.8 Å². The van der Waals surface area contributed by atoms with E-state index in [2.05, 4.69) is 0 Å². The van der Waals surface area contributed by atoms with Crippen LogP contribution in [-0.2, 0) is 22.6 Å². The lowest BCUT2D eigenvalue weighted by Gasteiger charge is -2.27. The number of halogens is 3. The Hall–Kier alpha value is -2.06. The van der Waals surface area contributed by atoms with E-state index in [9.17, 15) is 21.6 Å². The minimum absolute atomic E-state index is 0.00979. The fourth-order valence-electron chi connectivity index (χ4n) is 3.84. The van der Waals surface area contributed by atoms with Crippen molar-refractivity contribution in [2.24, 2.45) is 0 Å². The van der Waals surface area contributed by atoms with Crippen molar-refractivity contribution in [2.75, 3.05) is 13.2 Å². The number of benzene rings is 2. The van der Waals surface area contributed by atoms with Crippen LogP contribution in [0.25, 0.3) is 0 Å². The molecule has 0 spiro atoms. The summed E-state index contributed by atoms with van der Waals surface area (Å²) in [4.78, 5) is 0.100. The number of hydrogen-bond acceptors (Lipinski definition) is 3. The van der Waals surface area contributed by atoms with Crippen LogP contribution in [0.3, 0.4) is 0 Å².